The van der Waals surface area contributed by atoms with Crippen LogP contribution in [0.1, 0.15) is 61.4 Å². The van der Waals surface area contributed by atoms with Crippen LogP contribution in [0.3, 0.4) is 0 Å². The van der Waals surface area contributed by atoms with Crippen LogP contribution in [0.15, 0.2) is 59.4 Å². The van der Waals surface area contributed by atoms with Gasteiger partial charge in [0.1, 0.15) is 5.39 Å². The zero-order valence-corrected chi connectivity index (χ0v) is 23.4. The average Bonchev–Trinajstić information content (AvgIpc) is 3.17. The standard InChI is InChI=1S/C31H36N4O4/c1-30(2)16-20(17-31(3,4)33-30)32-28(37)26-27(39-6)24-25(34(26)5)21-14-10-11-15-22(21)35(29(24)38)18-23(36)19-12-8-7-9-13-19/h7-15,20,33H,16-18H2,1-6H3,(H,32,37). The fourth-order valence-electron chi connectivity index (χ4n) is 6.47. The van der Waals surface area contributed by atoms with Crippen molar-refractivity contribution in [3.63, 3.8) is 0 Å². The second kappa shape index (κ2) is 9.68. The van der Waals surface area contributed by atoms with Crippen molar-refractivity contribution in [2.45, 2.75) is 64.2 Å². The van der Waals surface area contributed by atoms with Crippen molar-refractivity contribution >= 4 is 33.5 Å². The molecule has 1 fully saturated rings. The first-order valence-corrected chi connectivity index (χ1v) is 13.3. The van der Waals surface area contributed by atoms with Gasteiger partial charge in [0.25, 0.3) is 11.5 Å². The van der Waals surface area contributed by atoms with Gasteiger partial charge < -0.3 is 19.9 Å². The maximum Gasteiger partial charge on any atom is 0.272 e. The summed E-state index contributed by atoms with van der Waals surface area (Å²) in [4.78, 5) is 41.0. The number of benzene rings is 2. The number of hydrogen-bond acceptors (Lipinski definition) is 5. The molecule has 0 atom stereocenters. The van der Waals surface area contributed by atoms with Crippen molar-refractivity contribution in [3.8, 4) is 5.75 Å². The number of para-hydroxylation sites is 1. The maximum atomic E-state index is 14.0. The van der Waals surface area contributed by atoms with Gasteiger partial charge in [-0.15, -0.1) is 0 Å². The van der Waals surface area contributed by atoms with E-state index in [1.807, 2.05) is 30.3 Å². The third kappa shape index (κ3) is 4.85. The number of methoxy groups -OCH3 is 1. The molecular weight excluding hydrogens is 492 g/mol. The molecule has 0 aliphatic carbocycles. The number of hydrogen-bond donors (Lipinski definition) is 2. The SMILES string of the molecule is COc1c(C(=O)NC2CC(C)(C)NC(C)(C)C2)n(C)c2c1c(=O)n(CC(=O)c1ccccc1)c1ccccc21. The third-order valence-electron chi connectivity index (χ3n) is 7.60. The first-order valence-electron chi connectivity index (χ1n) is 13.3. The number of carbonyl (C=O) groups is 2. The number of ketones is 1. The largest absolute Gasteiger partial charge is 0.493 e. The van der Waals surface area contributed by atoms with Crippen LogP contribution in [-0.4, -0.2) is 45.1 Å². The molecule has 8 nitrogen and oxygen atoms in total. The molecule has 3 heterocycles. The highest BCUT2D eigenvalue weighted by Crippen LogP contribution is 2.35. The summed E-state index contributed by atoms with van der Waals surface area (Å²) in [5, 5.41) is 7.90. The second-order valence-electron chi connectivity index (χ2n) is 11.8. The Morgan fingerprint density at radius 2 is 1.62 bits per heavy atom. The second-order valence-corrected chi connectivity index (χ2v) is 11.8. The lowest BCUT2D eigenvalue weighted by molar-refractivity contribution is 0.0861. The van der Waals surface area contributed by atoms with E-state index >= 15 is 0 Å². The Balaban J connectivity index is 1.64. The average molecular weight is 529 g/mol. The van der Waals surface area contributed by atoms with Gasteiger partial charge in [0, 0.05) is 35.1 Å². The summed E-state index contributed by atoms with van der Waals surface area (Å²) < 4.78 is 8.98. The van der Waals surface area contributed by atoms with Gasteiger partial charge in [0.2, 0.25) is 0 Å². The summed E-state index contributed by atoms with van der Waals surface area (Å²) in [6.07, 6.45) is 1.54. The van der Waals surface area contributed by atoms with Gasteiger partial charge in [0.05, 0.1) is 24.7 Å². The summed E-state index contributed by atoms with van der Waals surface area (Å²) in [6.45, 7) is 8.41. The van der Waals surface area contributed by atoms with Crippen molar-refractivity contribution in [1.82, 2.24) is 19.8 Å². The Morgan fingerprint density at radius 3 is 2.26 bits per heavy atom. The van der Waals surface area contributed by atoms with Crippen LogP contribution >= 0.6 is 0 Å². The lowest BCUT2D eigenvalue weighted by Crippen LogP contribution is -2.62. The summed E-state index contributed by atoms with van der Waals surface area (Å²) in [5.41, 5.74) is 1.39. The van der Waals surface area contributed by atoms with Crippen LogP contribution in [0, 0.1) is 0 Å². The van der Waals surface area contributed by atoms with Crippen molar-refractivity contribution in [1.29, 1.82) is 0 Å². The Labute approximate surface area is 228 Å². The zero-order chi connectivity index (χ0) is 28.1. The predicted octanol–water partition coefficient (Wildman–Crippen LogP) is 4.42. The smallest absolute Gasteiger partial charge is 0.272 e. The van der Waals surface area contributed by atoms with Crippen LogP contribution in [-0.2, 0) is 13.6 Å². The topological polar surface area (TPSA) is 94.4 Å². The molecule has 5 rings (SSSR count). The molecule has 1 aliphatic rings. The van der Waals surface area contributed by atoms with Crippen molar-refractivity contribution in [3.05, 3.63) is 76.2 Å². The summed E-state index contributed by atoms with van der Waals surface area (Å²) in [6, 6.07) is 16.3. The minimum Gasteiger partial charge on any atom is -0.493 e. The number of aryl methyl sites for hydroxylation is 1. The number of carbonyl (C=O) groups excluding carboxylic acids is 2. The van der Waals surface area contributed by atoms with Crippen LogP contribution in [0.5, 0.6) is 5.75 Å². The first kappa shape index (κ1) is 26.7. The first-order chi connectivity index (χ1) is 18.4. The molecule has 0 radical (unpaired) electrons. The molecule has 2 N–H and O–H groups in total. The minimum absolute atomic E-state index is 0.0524. The van der Waals surface area contributed by atoms with E-state index in [9.17, 15) is 14.4 Å². The highest BCUT2D eigenvalue weighted by Gasteiger charge is 2.39. The monoisotopic (exact) mass is 528 g/mol. The number of ether oxygens (including phenoxy) is 1. The van der Waals surface area contributed by atoms with Gasteiger partial charge in [-0.2, -0.15) is 0 Å². The summed E-state index contributed by atoms with van der Waals surface area (Å²) in [7, 11) is 3.25. The molecule has 39 heavy (non-hydrogen) atoms. The number of pyridine rings is 1. The Kier molecular flexibility index (Phi) is 6.63. The predicted molar refractivity (Wildman–Crippen MR) is 154 cm³/mol. The van der Waals surface area contributed by atoms with Gasteiger partial charge in [-0.1, -0.05) is 48.5 Å². The molecule has 1 saturated heterocycles. The van der Waals surface area contributed by atoms with E-state index in [4.69, 9.17) is 4.74 Å². The van der Waals surface area contributed by atoms with Crippen LogP contribution < -0.4 is 20.9 Å². The van der Waals surface area contributed by atoms with E-state index in [1.54, 1.807) is 35.9 Å². The molecule has 8 heteroatoms. The molecule has 0 saturated carbocycles. The molecule has 0 bridgehead atoms. The highest BCUT2D eigenvalue weighted by atomic mass is 16.5. The van der Waals surface area contributed by atoms with E-state index in [-0.39, 0.29) is 57.7 Å². The number of amides is 1. The normalized spacial score (nSPS) is 16.9. The molecule has 2 aromatic heterocycles. The van der Waals surface area contributed by atoms with Crippen molar-refractivity contribution in [2.75, 3.05) is 7.11 Å². The molecule has 204 valence electrons. The maximum absolute atomic E-state index is 14.0. The number of rotatable bonds is 6. The zero-order valence-electron chi connectivity index (χ0n) is 23.4. The van der Waals surface area contributed by atoms with Gasteiger partial charge in [0.15, 0.2) is 17.2 Å². The van der Waals surface area contributed by atoms with Gasteiger partial charge >= 0.3 is 0 Å². The van der Waals surface area contributed by atoms with Crippen LogP contribution in [0.25, 0.3) is 21.8 Å². The third-order valence-corrected chi connectivity index (χ3v) is 7.60. The van der Waals surface area contributed by atoms with Crippen molar-refractivity contribution in [2.24, 2.45) is 7.05 Å². The molecule has 4 aromatic rings. The van der Waals surface area contributed by atoms with Gasteiger partial charge in [-0.3, -0.25) is 19.0 Å². The Bertz CT molecular complexity index is 1630. The number of fused-ring (bicyclic) bond motifs is 3. The number of Topliss-reactive ketones (excluding diaryl/α,β-unsaturated/α-hetero) is 1. The van der Waals surface area contributed by atoms with Gasteiger partial charge in [-0.25, -0.2) is 0 Å². The molecule has 0 spiro atoms. The molecule has 2 aromatic carbocycles. The lowest BCUT2D eigenvalue weighted by Gasteiger charge is -2.46. The number of aromatic nitrogens is 2. The van der Waals surface area contributed by atoms with E-state index in [2.05, 4.69) is 38.3 Å². The van der Waals surface area contributed by atoms with Crippen molar-refractivity contribution < 1.29 is 14.3 Å². The van der Waals surface area contributed by atoms with E-state index in [0.717, 1.165) is 18.2 Å². The van der Waals surface area contributed by atoms with E-state index in [1.165, 1.54) is 11.7 Å². The number of piperidine rings is 1. The van der Waals surface area contributed by atoms with E-state index in [0.29, 0.717) is 16.6 Å². The molecule has 1 aliphatic heterocycles. The number of nitrogens with zero attached hydrogens (tertiary/aromatic N) is 2. The van der Waals surface area contributed by atoms with Crippen LogP contribution in [0.4, 0.5) is 0 Å². The fourth-order valence-corrected chi connectivity index (χ4v) is 6.47. The van der Waals surface area contributed by atoms with Gasteiger partial charge in [-0.05, 0) is 46.6 Å². The van der Waals surface area contributed by atoms with Crippen LogP contribution in [0.2, 0.25) is 0 Å². The summed E-state index contributed by atoms with van der Waals surface area (Å²) >= 11 is 0. The molecular formula is C31H36N4O4. The van der Waals surface area contributed by atoms with E-state index < -0.39 is 0 Å². The number of nitrogens with one attached hydrogen (secondary N) is 2. The molecule has 0 unspecified atom stereocenters. The highest BCUT2D eigenvalue weighted by molar-refractivity contribution is 6.12. The molecule has 1 amide bonds. The quantitative estimate of drug-likeness (QED) is 0.361. The fraction of sp³-hybridized carbons (Fsp3) is 0.387. The lowest BCUT2D eigenvalue weighted by atomic mass is 9.79. The Morgan fingerprint density at radius 1 is 1.00 bits per heavy atom. The minimum atomic E-state index is -0.372. The Hall–Kier alpha value is -3.91. The summed E-state index contributed by atoms with van der Waals surface area (Å²) in [5.74, 6) is -0.250.